The van der Waals surface area contributed by atoms with Gasteiger partial charge in [0.1, 0.15) is 5.75 Å². The van der Waals surface area contributed by atoms with E-state index < -0.39 is 5.97 Å². The van der Waals surface area contributed by atoms with Crippen LogP contribution in [0.4, 0.5) is 23.5 Å². The highest BCUT2D eigenvalue weighted by molar-refractivity contribution is 6.30. The molecule has 0 saturated carbocycles. The van der Waals surface area contributed by atoms with Crippen LogP contribution in [0.2, 0.25) is 5.02 Å². The lowest BCUT2D eigenvalue weighted by molar-refractivity contribution is 0.0735. The van der Waals surface area contributed by atoms with E-state index in [1.165, 1.54) is 6.42 Å². The van der Waals surface area contributed by atoms with Gasteiger partial charge in [-0.3, -0.25) is 0 Å². The number of anilines is 4. The Balaban J connectivity index is 1.25. The molecule has 4 aromatic rings. The Kier molecular flexibility index (Phi) is 8.05. The highest BCUT2D eigenvalue weighted by Crippen LogP contribution is 2.21. The molecule has 192 valence electrons. The zero-order valence-corrected chi connectivity index (χ0v) is 21.3. The molecule has 5 rings (SSSR count). The fourth-order valence-corrected chi connectivity index (χ4v) is 4.02. The summed E-state index contributed by atoms with van der Waals surface area (Å²) in [6, 6.07) is 23.3. The summed E-state index contributed by atoms with van der Waals surface area (Å²) >= 11 is 5.87. The first-order valence-electron chi connectivity index (χ1n) is 12.3. The lowest BCUT2D eigenvalue weighted by Gasteiger charge is -2.26. The molecule has 1 aliphatic heterocycles. The van der Waals surface area contributed by atoms with Crippen molar-refractivity contribution in [1.29, 1.82) is 0 Å². The van der Waals surface area contributed by atoms with Gasteiger partial charge in [0.05, 0.1) is 11.8 Å². The number of carbonyl (C=O) groups is 1. The van der Waals surface area contributed by atoms with Crippen LogP contribution in [0.15, 0.2) is 84.0 Å². The SMILES string of the molecule is O=C(Oc1ccc(C=NNc2nc(Nc3ccccc3)nc(N3CCCCC3)n2)cc1)c1ccc(Cl)cc1. The summed E-state index contributed by atoms with van der Waals surface area (Å²) < 4.78 is 5.42. The molecule has 1 fully saturated rings. The van der Waals surface area contributed by atoms with Crippen molar-refractivity contribution < 1.29 is 9.53 Å². The topological polar surface area (TPSA) is 105 Å². The van der Waals surface area contributed by atoms with Crippen molar-refractivity contribution in [3.8, 4) is 5.75 Å². The van der Waals surface area contributed by atoms with Crippen molar-refractivity contribution in [2.75, 3.05) is 28.7 Å². The van der Waals surface area contributed by atoms with E-state index in [0.717, 1.165) is 37.2 Å². The molecule has 0 aliphatic carbocycles. The van der Waals surface area contributed by atoms with Crippen LogP contribution < -0.4 is 20.4 Å². The predicted molar refractivity (Wildman–Crippen MR) is 150 cm³/mol. The molecule has 0 amide bonds. The summed E-state index contributed by atoms with van der Waals surface area (Å²) in [5.41, 5.74) is 5.03. The highest BCUT2D eigenvalue weighted by Gasteiger charge is 2.16. The van der Waals surface area contributed by atoms with E-state index in [1.807, 2.05) is 30.3 Å². The Morgan fingerprint density at radius 2 is 1.58 bits per heavy atom. The zero-order chi connectivity index (χ0) is 26.2. The van der Waals surface area contributed by atoms with Gasteiger partial charge in [0, 0.05) is 23.8 Å². The number of hydrazone groups is 1. The van der Waals surface area contributed by atoms with E-state index in [1.54, 1.807) is 54.7 Å². The van der Waals surface area contributed by atoms with Crippen molar-refractivity contribution in [3.05, 3.63) is 95.0 Å². The van der Waals surface area contributed by atoms with E-state index in [0.29, 0.717) is 34.2 Å². The molecule has 3 aromatic carbocycles. The second-order valence-corrected chi connectivity index (χ2v) is 9.09. The minimum Gasteiger partial charge on any atom is -0.423 e. The summed E-state index contributed by atoms with van der Waals surface area (Å²) in [6.07, 6.45) is 5.07. The molecule has 2 N–H and O–H groups in total. The first kappa shape index (κ1) is 25.2. The van der Waals surface area contributed by atoms with Gasteiger partial charge >= 0.3 is 5.97 Å². The van der Waals surface area contributed by atoms with Gasteiger partial charge in [0.2, 0.25) is 17.8 Å². The molecule has 0 radical (unpaired) electrons. The first-order chi connectivity index (χ1) is 18.6. The molecule has 0 spiro atoms. The number of piperidine rings is 1. The summed E-state index contributed by atoms with van der Waals surface area (Å²) in [5, 5.41) is 8.10. The second kappa shape index (κ2) is 12.2. The largest absolute Gasteiger partial charge is 0.423 e. The van der Waals surface area contributed by atoms with Crippen molar-refractivity contribution >= 4 is 47.3 Å². The molecule has 38 heavy (non-hydrogen) atoms. The van der Waals surface area contributed by atoms with Gasteiger partial charge in [-0.2, -0.15) is 20.1 Å². The number of carbonyl (C=O) groups excluding carboxylic acids is 1. The number of para-hydroxylation sites is 1. The quantitative estimate of drug-likeness (QED) is 0.126. The Hall–Kier alpha value is -4.50. The number of hydrogen-bond acceptors (Lipinski definition) is 9. The number of benzene rings is 3. The fourth-order valence-electron chi connectivity index (χ4n) is 3.89. The molecule has 1 aliphatic rings. The third-order valence-electron chi connectivity index (χ3n) is 5.84. The molecule has 1 saturated heterocycles. The van der Waals surface area contributed by atoms with E-state index in [4.69, 9.17) is 16.3 Å². The Morgan fingerprint density at radius 3 is 2.32 bits per heavy atom. The zero-order valence-electron chi connectivity index (χ0n) is 20.5. The van der Waals surface area contributed by atoms with Gasteiger partial charge in [-0.05, 0) is 85.5 Å². The number of nitrogens with zero attached hydrogens (tertiary/aromatic N) is 5. The molecule has 2 heterocycles. The molecular weight excluding hydrogens is 502 g/mol. The Labute approximate surface area is 225 Å². The smallest absolute Gasteiger partial charge is 0.343 e. The van der Waals surface area contributed by atoms with Crippen molar-refractivity contribution in [1.82, 2.24) is 15.0 Å². The molecule has 0 atom stereocenters. The molecule has 9 nitrogen and oxygen atoms in total. The molecular formula is C28H26ClN7O2. The first-order valence-corrected chi connectivity index (χ1v) is 12.7. The monoisotopic (exact) mass is 527 g/mol. The second-order valence-electron chi connectivity index (χ2n) is 8.66. The van der Waals surface area contributed by atoms with Crippen LogP contribution in [0, 0.1) is 0 Å². The average Bonchev–Trinajstić information content (AvgIpc) is 2.95. The van der Waals surface area contributed by atoms with Crippen molar-refractivity contribution in [3.63, 3.8) is 0 Å². The maximum Gasteiger partial charge on any atom is 0.343 e. The number of rotatable bonds is 8. The molecule has 0 unspecified atom stereocenters. The number of esters is 1. The number of ether oxygens (including phenoxy) is 1. The summed E-state index contributed by atoms with van der Waals surface area (Å²) in [7, 11) is 0. The van der Waals surface area contributed by atoms with Gasteiger partial charge in [-0.25, -0.2) is 10.2 Å². The fraction of sp³-hybridized carbons (Fsp3) is 0.179. The number of nitrogens with one attached hydrogen (secondary N) is 2. The van der Waals surface area contributed by atoms with Gasteiger partial charge < -0.3 is 15.0 Å². The van der Waals surface area contributed by atoms with E-state index in [-0.39, 0.29) is 0 Å². The van der Waals surface area contributed by atoms with Crippen LogP contribution in [-0.4, -0.2) is 40.2 Å². The third-order valence-corrected chi connectivity index (χ3v) is 6.09. The summed E-state index contributed by atoms with van der Waals surface area (Å²) in [6.45, 7) is 1.82. The van der Waals surface area contributed by atoms with Crippen molar-refractivity contribution in [2.45, 2.75) is 19.3 Å². The number of hydrogen-bond donors (Lipinski definition) is 2. The standard InChI is InChI=1S/C28H26ClN7O2/c29-22-13-11-21(12-14-22)25(37)38-24-15-9-20(10-16-24)19-30-35-27-32-26(31-23-7-3-1-4-8-23)33-28(34-27)36-17-5-2-6-18-36/h1,3-4,7-16,19H,2,5-6,17-18H2,(H2,31,32,33,34,35). The van der Waals surface area contributed by atoms with Gasteiger partial charge in [0.25, 0.3) is 0 Å². The van der Waals surface area contributed by atoms with Crippen molar-refractivity contribution in [2.24, 2.45) is 5.10 Å². The lowest BCUT2D eigenvalue weighted by Crippen LogP contribution is -2.31. The normalized spacial score (nSPS) is 13.3. The summed E-state index contributed by atoms with van der Waals surface area (Å²) in [5.74, 6) is 1.36. The Bertz CT molecular complexity index is 1390. The van der Waals surface area contributed by atoms with Crippen LogP contribution in [0.3, 0.4) is 0 Å². The van der Waals surface area contributed by atoms with Crippen LogP contribution >= 0.6 is 11.6 Å². The maximum absolute atomic E-state index is 12.3. The van der Waals surface area contributed by atoms with Gasteiger partial charge in [-0.15, -0.1) is 0 Å². The van der Waals surface area contributed by atoms with E-state index >= 15 is 0 Å². The predicted octanol–water partition coefficient (Wildman–Crippen LogP) is 5.92. The van der Waals surface area contributed by atoms with Crippen LogP contribution in [0.25, 0.3) is 0 Å². The van der Waals surface area contributed by atoms with E-state index in [2.05, 4.69) is 35.7 Å². The van der Waals surface area contributed by atoms with Gasteiger partial charge in [0.15, 0.2) is 0 Å². The third kappa shape index (κ3) is 6.83. The molecule has 0 bridgehead atoms. The number of halogens is 1. The van der Waals surface area contributed by atoms with Crippen LogP contribution in [-0.2, 0) is 0 Å². The van der Waals surface area contributed by atoms with Gasteiger partial charge in [-0.1, -0.05) is 29.8 Å². The van der Waals surface area contributed by atoms with Crippen LogP contribution in [0.1, 0.15) is 35.2 Å². The number of aromatic nitrogens is 3. The average molecular weight is 528 g/mol. The Morgan fingerprint density at radius 1 is 0.868 bits per heavy atom. The minimum absolute atomic E-state index is 0.337. The lowest BCUT2D eigenvalue weighted by atomic mass is 10.1. The minimum atomic E-state index is -0.455. The maximum atomic E-state index is 12.3. The van der Waals surface area contributed by atoms with E-state index in [9.17, 15) is 4.79 Å². The van der Waals surface area contributed by atoms with Crippen LogP contribution in [0.5, 0.6) is 5.75 Å². The molecule has 1 aromatic heterocycles. The molecule has 10 heteroatoms. The highest BCUT2D eigenvalue weighted by atomic mass is 35.5. The summed E-state index contributed by atoms with van der Waals surface area (Å²) in [4.78, 5) is 28.2.